The van der Waals surface area contributed by atoms with Crippen LogP contribution >= 0.6 is 12.4 Å². The highest BCUT2D eigenvalue weighted by atomic mass is 35.5. The fraction of sp³-hybridized carbons (Fsp3) is 0.389. The number of carbonyl (C=O) groups is 1. The maximum Gasteiger partial charge on any atom is 0.255 e. The second kappa shape index (κ2) is 8.31. The van der Waals surface area contributed by atoms with Crippen LogP contribution in [0.1, 0.15) is 53.4 Å². The van der Waals surface area contributed by atoms with E-state index in [1.165, 1.54) is 31.2 Å². The van der Waals surface area contributed by atoms with Crippen molar-refractivity contribution >= 4 is 18.3 Å². The molecule has 1 unspecified atom stereocenters. The number of carbonyl (C=O) groups excluding carboxylic acids is 1. The molecule has 1 saturated carbocycles. The van der Waals surface area contributed by atoms with E-state index in [0.717, 1.165) is 18.4 Å². The topological polar surface area (TPSA) is 68.3 Å². The lowest BCUT2D eigenvalue weighted by atomic mass is 9.91. The first-order chi connectivity index (χ1) is 11.2. The van der Waals surface area contributed by atoms with Gasteiger partial charge in [-0.2, -0.15) is 0 Å². The Morgan fingerprint density at radius 3 is 2.54 bits per heavy atom. The Morgan fingerprint density at radius 1 is 1.29 bits per heavy atom. The molecule has 0 bridgehead atoms. The average Bonchev–Trinajstić information content (AvgIpc) is 3.25. The van der Waals surface area contributed by atoms with Crippen molar-refractivity contribution in [2.75, 3.05) is 0 Å². The van der Waals surface area contributed by atoms with E-state index in [9.17, 15) is 9.18 Å². The van der Waals surface area contributed by atoms with Crippen LogP contribution in [0.2, 0.25) is 0 Å². The molecule has 4 nitrogen and oxygen atoms in total. The third kappa shape index (κ3) is 4.16. The molecule has 0 aliphatic heterocycles. The number of benzene rings is 1. The molecule has 1 amide bonds. The number of hydrogen-bond acceptors (Lipinski definition) is 3. The Bertz CT molecular complexity index is 666. The van der Waals surface area contributed by atoms with Crippen LogP contribution < -0.4 is 11.1 Å². The molecule has 3 rings (SSSR count). The summed E-state index contributed by atoms with van der Waals surface area (Å²) in [7, 11) is 0. The first-order valence-corrected chi connectivity index (χ1v) is 8.01. The molecular formula is C18H22ClFN2O2. The molecule has 3 N–H and O–H groups in total. The van der Waals surface area contributed by atoms with Crippen molar-refractivity contribution in [3.8, 4) is 0 Å². The highest BCUT2D eigenvalue weighted by Crippen LogP contribution is 2.36. The zero-order valence-corrected chi connectivity index (χ0v) is 14.2. The third-order valence-corrected chi connectivity index (χ3v) is 4.50. The Labute approximate surface area is 147 Å². The quantitative estimate of drug-likeness (QED) is 0.855. The summed E-state index contributed by atoms with van der Waals surface area (Å²) in [6.07, 6.45) is 5.90. The van der Waals surface area contributed by atoms with Gasteiger partial charge in [-0.05, 0) is 42.5 Å². The van der Waals surface area contributed by atoms with Crippen LogP contribution in [0.5, 0.6) is 0 Å². The summed E-state index contributed by atoms with van der Waals surface area (Å²) < 4.78 is 18.4. The van der Waals surface area contributed by atoms with Crippen LogP contribution in [0.4, 0.5) is 4.39 Å². The number of amides is 1. The molecule has 1 aromatic carbocycles. The maximum absolute atomic E-state index is 13.2. The van der Waals surface area contributed by atoms with Crippen molar-refractivity contribution in [2.45, 2.75) is 38.3 Å². The van der Waals surface area contributed by atoms with Crippen molar-refractivity contribution in [3.05, 3.63) is 59.3 Å². The van der Waals surface area contributed by atoms with Gasteiger partial charge in [0.25, 0.3) is 5.91 Å². The number of nitrogens with two attached hydrogens (primary N) is 1. The van der Waals surface area contributed by atoms with Crippen molar-refractivity contribution in [2.24, 2.45) is 11.7 Å². The Hall–Kier alpha value is -1.85. The fourth-order valence-electron chi connectivity index (χ4n) is 3.27. The van der Waals surface area contributed by atoms with E-state index in [4.69, 9.17) is 10.2 Å². The van der Waals surface area contributed by atoms with Gasteiger partial charge in [-0.25, -0.2) is 4.39 Å². The molecule has 0 saturated heterocycles. The zero-order valence-electron chi connectivity index (χ0n) is 13.3. The predicted octanol–water partition coefficient (Wildman–Crippen LogP) is 3.96. The number of hydrogen-bond donors (Lipinski definition) is 2. The number of nitrogens with one attached hydrogen (secondary N) is 1. The minimum absolute atomic E-state index is 0. The fourth-order valence-corrected chi connectivity index (χ4v) is 3.27. The summed E-state index contributed by atoms with van der Waals surface area (Å²) >= 11 is 0. The number of furan rings is 1. The van der Waals surface area contributed by atoms with Crippen molar-refractivity contribution in [3.63, 3.8) is 0 Å². The summed E-state index contributed by atoms with van der Waals surface area (Å²) in [5, 5.41) is 3.09. The predicted molar refractivity (Wildman–Crippen MR) is 92.4 cm³/mol. The maximum atomic E-state index is 13.2. The van der Waals surface area contributed by atoms with Gasteiger partial charge in [-0.3, -0.25) is 4.79 Å². The first kappa shape index (κ1) is 18.5. The lowest BCUT2D eigenvalue weighted by Crippen LogP contribution is -2.32. The van der Waals surface area contributed by atoms with Gasteiger partial charge >= 0.3 is 0 Å². The second-order valence-electron chi connectivity index (χ2n) is 6.05. The molecule has 130 valence electrons. The summed E-state index contributed by atoms with van der Waals surface area (Å²) in [4.78, 5) is 12.5. The van der Waals surface area contributed by atoms with Crippen LogP contribution in [0.3, 0.4) is 0 Å². The summed E-state index contributed by atoms with van der Waals surface area (Å²) in [5.74, 6) is 0.502. The van der Waals surface area contributed by atoms with Gasteiger partial charge in [0.05, 0.1) is 18.2 Å². The van der Waals surface area contributed by atoms with Gasteiger partial charge in [0.15, 0.2) is 0 Å². The molecule has 0 spiro atoms. The summed E-state index contributed by atoms with van der Waals surface area (Å²) in [6.45, 7) is 0.261. The third-order valence-electron chi connectivity index (χ3n) is 4.50. The minimum Gasteiger partial charge on any atom is -0.467 e. The van der Waals surface area contributed by atoms with E-state index in [-0.39, 0.29) is 36.7 Å². The highest BCUT2D eigenvalue weighted by Gasteiger charge is 2.28. The van der Waals surface area contributed by atoms with Gasteiger partial charge in [0, 0.05) is 0 Å². The van der Waals surface area contributed by atoms with Crippen molar-refractivity contribution in [1.29, 1.82) is 0 Å². The standard InChI is InChI=1S/C18H21FN2O2.ClH/c19-15-7-5-13(6-8-15)17(12-3-1-2-4-12)21-18(22)14-9-16(10-20)23-11-14;/h5-9,11-12,17H,1-4,10,20H2,(H,21,22);1H. The van der Waals surface area contributed by atoms with E-state index in [1.54, 1.807) is 18.2 Å². The Kier molecular flexibility index (Phi) is 6.40. The average molecular weight is 353 g/mol. The van der Waals surface area contributed by atoms with E-state index in [0.29, 0.717) is 17.2 Å². The SMILES string of the molecule is Cl.NCc1cc(C(=O)NC(c2ccc(F)cc2)C2CCCC2)co1. The first-order valence-electron chi connectivity index (χ1n) is 8.01. The summed E-state index contributed by atoms with van der Waals surface area (Å²) in [5.41, 5.74) is 6.92. The van der Waals surface area contributed by atoms with Crippen molar-refractivity contribution < 1.29 is 13.6 Å². The zero-order chi connectivity index (χ0) is 16.2. The van der Waals surface area contributed by atoms with Crippen LogP contribution in [-0.2, 0) is 6.54 Å². The van der Waals surface area contributed by atoms with E-state index in [1.807, 2.05) is 0 Å². The molecular weight excluding hydrogens is 331 g/mol. The smallest absolute Gasteiger partial charge is 0.255 e. The molecule has 1 heterocycles. The molecule has 1 atom stereocenters. The molecule has 1 aliphatic rings. The Morgan fingerprint density at radius 2 is 1.96 bits per heavy atom. The van der Waals surface area contributed by atoms with Gasteiger partial charge in [-0.1, -0.05) is 25.0 Å². The molecule has 0 radical (unpaired) electrons. The van der Waals surface area contributed by atoms with Crippen LogP contribution in [0, 0.1) is 11.7 Å². The van der Waals surface area contributed by atoms with Crippen molar-refractivity contribution in [1.82, 2.24) is 5.32 Å². The molecule has 6 heteroatoms. The monoisotopic (exact) mass is 352 g/mol. The lowest BCUT2D eigenvalue weighted by molar-refractivity contribution is 0.0921. The van der Waals surface area contributed by atoms with Gasteiger partial charge < -0.3 is 15.5 Å². The van der Waals surface area contributed by atoms with E-state index < -0.39 is 0 Å². The molecule has 2 aromatic rings. The summed E-state index contributed by atoms with van der Waals surface area (Å²) in [6, 6.07) is 7.92. The molecule has 1 aliphatic carbocycles. The largest absolute Gasteiger partial charge is 0.467 e. The Balaban J connectivity index is 0.00000208. The van der Waals surface area contributed by atoms with E-state index >= 15 is 0 Å². The molecule has 1 aromatic heterocycles. The second-order valence-corrected chi connectivity index (χ2v) is 6.05. The van der Waals surface area contributed by atoms with Gasteiger partial charge in [0.1, 0.15) is 17.8 Å². The van der Waals surface area contributed by atoms with Crippen LogP contribution in [-0.4, -0.2) is 5.91 Å². The normalized spacial score (nSPS) is 15.8. The lowest BCUT2D eigenvalue weighted by Gasteiger charge is -2.25. The number of halogens is 2. The van der Waals surface area contributed by atoms with Gasteiger partial charge in [0.2, 0.25) is 0 Å². The van der Waals surface area contributed by atoms with Gasteiger partial charge in [-0.15, -0.1) is 12.4 Å². The molecule has 24 heavy (non-hydrogen) atoms. The number of rotatable bonds is 5. The van der Waals surface area contributed by atoms with E-state index in [2.05, 4.69) is 5.32 Å². The molecule has 1 fully saturated rings. The van der Waals surface area contributed by atoms with Crippen LogP contribution in [0.15, 0.2) is 41.0 Å². The van der Waals surface area contributed by atoms with Crippen LogP contribution in [0.25, 0.3) is 0 Å². The minimum atomic E-state index is -0.271. The highest BCUT2D eigenvalue weighted by molar-refractivity contribution is 5.94.